The van der Waals surface area contributed by atoms with Crippen LogP contribution < -0.4 is 15.2 Å². The van der Waals surface area contributed by atoms with Gasteiger partial charge in [0.05, 0.1) is 16.5 Å². The van der Waals surface area contributed by atoms with Gasteiger partial charge in [0.1, 0.15) is 29.8 Å². The topological polar surface area (TPSA) is 66.4 Å². The van der Waals surface area contributed by atoms with E-state index in [0.29, 0.717) is 47.1 Å². The van der Waals surface area contributed by atoms with Crippen molar-refractivity contribution in [3.05, 3.63) is 53.7 Å². The van der Waals surface area contributed by atoms with Crippen molar-refractivity contribution in [2.24, 2.45) is 0 Å². The molecule has 0 saturated carbocycles. The van der Waals surface area contributed by atoms with Gasteiger partial charge >= 0.3 is 6.01 Å². The molecule has 0 bridgehead atoms. The molecule has 2 aromatic heterocycles. The van der Waals surface area contributed by atoms with E-state index in [4.69, 9.17) is 16.1 Å². The molecule has 4 aromatic rings. The Morgan fingerprint density at radius 3 is 2.88 bits per heavy atom. The minimum atomic E-state index is -0.896. The Morgan fingerprint density at radius 1 is 1.10 bits per heavy atom. The van der Waals surface area contributed by atoms with Crippen LogP contribution >= 0.6 is 0 Å². The van der Waals surface area contributed by atoms with E-state index in [2.05, 4.69) is 26.2 Å². The molecule has 0 spiro atoms. The fourth-order valence-corrected chi connectivity index (χ4v) is 6.87. The first-order chi connectivity index (χ1) is 20.5. The molecule has 0 amide bonds. The molecule has 2 aromatic carbocycles. The van der Waals surface area contributed by atoms with Gasteiger partial charge in [-0.3, -0.25) is 14.9 Å². The van der Waals surface area contributed by atoms with Crippen LogP contribution in [-0.2, 0) is 0 Å². The van der Waals surface area contributed by atoms with Crippen molar-refractivity contribution in [2.45, 2.75) is 50.2 Å². The fourth-order valence-electron chi connectivity index (χ4n) is 6.87. The van der Waals surface area contributed by atoms with Crippen LogP contribution in [0.4, 0.5) is 19.0 Å². The highest BCUT2D eigenvalue weighted by molar-refractivity contribution is 6.02. The van der Waals surface area contributed by atoms with E-state index in [1.165, 1.54) is 6.07 Å². The van der Waals surface area contributed by atoms with E-state index in [0.717, 1.165) is 45.2 Å². The van der Waals surface area contributed by atoms with E-state index < -0.39 is 23.3 Å². The molecule has 5 heterocycles. The number of aromatic nitrogens is 3. The summed E-state index contributed by atoms with van der Waals surface area (Å²) in [6.45, 7) is 2.88. The number of benzene rings is 2. The second-order valence-corrected chi connectivity index (χ2v) is 11.5. The summed E-state index contributed by atoms with van der Waals surface area (Å²) in [6.07, 6.45) is 11.6. The Balaban J connectivity index is 1.36. The summed E-state index contributed by atoms with van der Waals surface area (Å²) in [5.74, 6) is 1.65. The van der Waals surface area contributed by atoms with E-state index in [-0.39, 0.29) is 29.4 Å². The van der Waals surface area contributed by atoms with Crippen LogP contribution in [0.3, 0.4) is 0 Å². The summed E-state index contributed by atoms with van der Waals surface area (Å²) in [5.41, 5.74) is 3.44. The van der Waals surface area contributed by atoms with Crippen LogP contribution in [0.5, 0.6) is 6.01 Å². The number of nitrogens with one attached hydrogen (secondary N) is 1. The quantitative estimate of drug-likeness (QED) is 0.315. The molecule has 10 heteroatoms. The third-order valence-electron chi connectivity index (χ3n) is 8.89. The number of fused-ring (bicyclic) bond motifs is 3. The summed E-state index contributed by atoms with van der Waals surface area (Å²) in [6, 6.07) is 8.18. The number of ether oxygens (including phenoxy) is 1. The van der Waals surface area contributed by atoms with E-state index in [1.807, 2.05) is 5.01 Å². The van der Waals surface area contributed by atoms with Gasteiger partial charge in [-0.25, -0.2) is 18.6 Å². The third kappa shape index (κ3) is 4.52. The Kier molecular flexibility index (Phi) is 6.87. The van der Waals surface area contributed by atoms with Crippen LogP contribution in [0.25, 0.3) is 32.9 Å². The molecule has 3 aliphatic rings. The van der Waals surface area contributed by atoms with Gasteiger partial charge in [0.25, 0.3) is 0 Å². The number of nitrogens with zero attached hydrogens (tertiary/aromatic N) is 5. The minimum absolute atomic E-state index is 0.00579. The van der Waals surface area contributed by atoms with Gasteiger partial charge in [-0.1, -0.05) is 36.6 Å². The molecule has 216 valence electrons. The molecular weight excluding hydrogens is 541 g/mol. The van der Waals surface area contributed by atoms with Crippen LogP contribution in [0.15, 0.2) is 36.5 Å². The third-order valence-corrected chi connectivity index (χ3v) is 8.89. The molecule has 1 N–H and O–H groups in total. The molecule has 3 aliphatic heterocycles. The highest BCUT2D eigenvalue weighted by atomic mass is 19.1. The van der Waals surface area contributed by atoms with Gasteiger partial charge < -0.3 is 4.74 Å². The summed E-state index contributed by atoms with van der Waals surface area (Å²) in [5, 5.41) is 3.41. The molecule has 0 aliphatic carbocycles. The summed E-state index contributed by atoms with van der Waals surface area (Å²) < 4.78 is 51.9. The van der Waals surface area contributed by atoms with E-state index in [9.17, 15) is 8.78 Å². The standard InChI is InChI=1S/C32H31F3N6O/c1-2-22-25(34)11-10-20-8-6-9-23(26(20)22)28-27(35)29-24(17-36-28)30(41-15-5-3-4-13-37-41)39-31(38-29)42-19-32-12-7-14-40(32)18-21(33)16-32/h1,6,8-11,17,21,37H,3-5,7,12-16,18-19H2/t21-,32+/m1/s1. The number of pyridine rings is 1. The maximum atomic E-state index is 16.6. The van der Waals surface area contributed by atoms with Crippen LogP contribution in [0, 0.1) is 24.0 Å². The molecule has 3 fully saturated rings. The Bertz CT molecular complexity index is 1720. The highest BCUT2D eigenvalue weighted by Gasteiger charge is 2.49. The van der Waals surface area contributed by atoms with Crippen molar-refractivity contribution in [1.29, 1.82) is 0 Å². The summed E-state index contributed by atoms with van der Waals surface area (Å²) in [4.78, 5) is 15.9. The second-order valence-electron chi connectivity index (χ2n) is 11.5. The lowest BCUT2D eigenvalue weighted by molar-refractivity contribution is 0.107. The predicted molar refractivity (Wildman–Crippen MR) is 156 cm³/mol. The zero-order chi connectivity index (χ0) is 28.8. The van der Waals surface area contributed by atoms with Crippen molar-refractivity contribution in [1.82, 2.24) is 25.3 Å². The monoisotopic (exact) mass is 572 g/mol. The van der Waals surface area contributed by atoms with Crippen molar-refractivity contribution in [3.8, 4) is 29.6 Å². The zero-order valence-electron chi connectivity index (χ0n) is 23.2. The second kappa shape index (κ2) is 10.7. The molecular formula is C32H31F3N6O. The molecule has 0 unspecified atom stereocenters. The maximum absolute atomic E-state index is 16.6. The molecule has 0 radical (unpaired) electrons. The number of halogens is 3. The Morgan fingerprint density at radius 2 is 2.00 bits per heavy atom. The number of anilines is 1. The lowest BCUT2D eigenvalue weighted by atomic mass is 9.95. The first-order valence-corrected chi connectivity index (χ1v) is 14.5. The molecule has 7 nitrogen and oxygen atoms in total. The average Bonchev–Trinajstić information content (AvgIpc) is 3.37. The molecule has 42 heavy (non-hydrogen) atoms. The molecule has 3 saturated heterocycles. The SMILES string of the molecule is C#Cc1c(F)ccc2cccc(-c3ncc4c(N5CCCCCN5)nc(OC[C@@]56CCCN5C[C@H](F)C6)nc4c3F)c12. The largest absolute Gasteiger partial charge is 0.461 e. The van der Waals surface area contributed by atoms with Gasteiger partial charge in [-0.2, -0.15) is 9.97 Å². The first kappa shape index (κ1) is 26.9. The van der Waals surface area contributed by atoms with Gasteiger partial charge in [-0.15, -0.1) is 6.42 Å². The van der Waals surface area contributed by atoms with Gasteiger partial charge in [0, 0.05) is 43.2 Å². The number of hydrazine groups is 1. The number of hydrogen-bond donors (Lipinski definition) is 1. The molecule has 2 atom stereocenters. The lowest BCUT2D eigenvalue weighted by Gasteiger charge is -2.31. The number of hydrogen-bond acceptors (Lipinski definition) is 7. The summed E-state index contributed by atoms with van der Waals surface area (Å²) >= 11 is 0. The number of terminal acetylenes is 1. The van der Waals surface area contributed by atoms with E-state index in [1.54, 1.807) is 30.5 Å². The Labute approximate surface area is 242 Å². The van der Waals surface area contributed by atoms with Crippen LogP contribution in [0.2, 0.25) is 0 Å². The smallest absolute Gasteiger partial charge is 0.319 e. The van der Waals surface area contributed by atoms with Gasteiger partial charge in [-0.05, 0) is 43.7 Å². The molecule has 7 rings (SSSR count). The zero-order valence-corrected chi connectivity index (χ0v) is 23.2. The number of alkyl halides is 1. The minimum Gasteiger partial charge on any atom is -0.461 e. The van der Waals surface area contributed by atoms with Crippen molar-refractivity contribution < 1.29 is 17.9 Å². The predicted octanol–water partition coefficient (Wildman–Crippen LogP) is 5.55. The van der Waals surface area contributed by atoms with Gasteiger partial charge in [0.15, 0.2) is 11.6 Å². The van der Waals surface area contributed by atoms with Crippen molar-refractivity contribution in [3.63, 3.8) is 0 Å². The fraction of sp³-hybridized carbons (Fsp3) is 0.406. The highest BCUT2D eigenvalue weighted by Crippen LogP contribution is 2.41. The Hall–Kier alpha value is -3.94. The lowest BCUT2D eigenvalue weighted by Crippen LogP contribution is -2.43. The first-order valence-electron chi connectivity index (χ1n) is 14.5. The van der Waals surface area contributed by atoms with Crippen molar-refractivity contribution >= 4 is 27.5 Å². The average molecular weight is 573 g/mol. The van der Waals surface area contributed by atoms with Crippen LogP contribution in [-0.4, -0.2) is 64.3 Å². The van der Waals surface area contributed by atoms with Crippen molar-refractivity contribution in [2.75, 3.05) is 37.8 Å². The maximum Gasteiger partial charge on any atom is 0.319 e. The van der Waals surface area contributed by atoms with Crippen LogP contribution in [0.1, 0.15) is 44.1 Å². The normalized spacial score (nSPS) is 22.8. The summed E-state index contributed by atoms with van der Waals surface area (Å²) in [7, 11) is 0. The van der Waals surface area contributed by atoms with Gasteiger partial charge in [0.2, 0.25) is 0 Å². The number of rotatable bonds is 5. The van der Waals surface area contributed by atoms with E-state index >= 15 is 4.39 Å².